The SMILES string of the molecule is Cc1nc(C2CCC(C)C2)ncc1[C@H](C)N. The zero-order valence-electron chi connectivity index (χ0n) is 10.4. The lowest BCUT2D eigenvalue weighted by atomic mass is 10.0. The first-order valence-electron chi connectivity index (χ1n) is 6.17. The average molecular weight is 219 g/mol. The second-order valence-electron chi connectivity index (χ2n) is 5.17. The van der Waals surface area contributed by atoms with Gasteiger partial charge < -0.3 is 5.73 Å². The lowest BCUT2D eigenvalue weighted by molar-refractivity contribution is 0.583. The van der Waals surface area contributed by atoms with Gasteiger partial charge in [0.2, 0.25) is 0 Å². The van der Waals surface area contributed by atoms with Gasteiger partial charge in [-0.3, -0.25) is 0 Å². The fourth-order valence-corrected chi connectivity index (χ4v) is 2.58. The summed E-state index contributed by atoms with van der Waals surface area (Å²) < 4.78 is 0. The first-order valence-corrected chi connectivity index (χ1v) is 6.17. The summed E-state index contributed by atoms with van der Waals surface area (Å²) in [4.78, 5) is 9.11. The third kappa shape index (κ3) is 2.24. The molecule has 2 N–H and O–H groups in total. The van der Waals surface area contributed by atoms with Crippen molar-refractivity contribution in [3.8, 4) is 0 Å². The summed E-state index contributed by atoms with van der Waals surface area (Å²) in [6, 6.07) is 0.0246. The fourth-order valence-electron chi connectivity index (χ4n) is 2.58. The third-order valence-corrected chi connectivity index (χ3v) is 3.59. The maximum atomic E-state index is 5.86. The predicted molar refractivity (Wildman–Crippen MR) is 65.1 cm³/mol. The van der Waals surface area contributed by atoms with Crippen LogP contribution in [-0.2, 0) is 0 Å². The molecule has 1 fully saturated rings. The highest BCUT2D eigenvalue weighted by atomic mass is 14.9. The minimum Gasteiger partial charge on any atom is -0.324 e. The molecule has 0 aromatic carbocycles. The van der Waals surface area contributed by atoms with Crippen LogP contribution in [0.3, 0.4) is 0 Å². The van der Waals surface area contributed by atoms with Crippen LogP contribution in [-0.4, -0.2) is 9.97 Å². The third-order valence-electron chi connectivity index (χ3n) is 3.59. The molecule has 0 saturated heterocycles. The Kier molecular flexibility index (Phi) is 3.24. The lowest BCUT2D eigenvalue weighted by Crippen LogP contribution is -2.11. The van der Waals surface area contributed by atoms with Crippen LogP contribution in [0.5, 0.6) is 0 Å². The Hall–Kier alpha value is -0.960. The van der Waals surface area contributed by atoms with Crippen LogP contribution < -0.4 is 5.73 Å². The topological polar surface area (TPSA) is 51.8 Å². The fraction of sp³-hybridized carbons (Fsp3) is 0.692. The van der Waals surface area contributed by atoms with E-state index in [0.717, 1.165) is 23.0 Å². The van der Waals surface area contributed by atoms with E-state index in [1.54, 1.807) is 0 Å². The summed E-state index contributed by atoms with van der Waals surface area (Å²) in [5.41, 5.74) is 7.97. The van der Waals surface area contributed by atoms with Crippen molar-refractivity contribution in [3.63, 3.8) is 0 Å². The number of nitrogens with two attached hydrogens (primary N) is 1. The van der Waals surface area contributed by atoms with Gasteiger partial charge in [-0.05, 0) is 39.0 Å². The van der Waals surface area contributed by atoms with Crippen molar-refractivity contribution in [1.29, 1.82) is 0 Å². The molecule has 2 unspecified atom stereocenters. The number of nitrogens with zero attached hydrogens (tertiary/aromatic N) is 2. The lowest BCUT2D eigenvalue weighted by Gasteiger charge is -2.13. The zero-order chi connectivity index (χ0) is 11.7. The molecule has 0 amide bonds. The van der Waals surface area contributed by atoms with Crippen molar-refractivity contribution in [1.82, 2.24) is 9.97 Å². The number of aryl methyl sites for hydroxylation is 1. The van der Waals surface area contributed by atoms with Crippen molar-refractivity contribution in [2.45, 2.75) is 52.0 Å². The summed E-state index contributed by atoms with van der Waals surface area (Å²) in [6.07, 6.45) is 5.68. The minimum atomic E-state index is 0.0246. The second kappa shape index (κ2) is 4.50. The molecule has 0 aliphatic heterocycles. The van der Waals surface area contributed by atoms with Gasteiger partial charge in [-0.1, -0.05) is 6.92 Å². The Balaban J connectivity index is 2.21. The highest BCUT2D eigenvalue weighted by Gasteiger charge is 2.25. The Labute approximate surface area is 97.5 Å². The molecular formula is C13H21N3. The molecule has 2 rings (SSSR count). The normalized spacial score (nSPS) is 27.0. The van der Waals surface area contributed by atoms with Crippen molar-refractivity contribution >= 4 is 0 Å². The Bertz CT molecular complexity index is 373. The van der Waals surface area contributed by atoms with Crippen LogP contribution >= 0.6 is 0 Å². The molecule has 1 heterocycles. The van der Waals surface area contributed by atoms with Gasteiger partial charge in [0.15, 0.2) is 0 Å². The van der Waals surface area contributed by atoms with Gasteiger partial charge in [-0.2, -0.15) is 0 Å². The molecule has 88 valence electrons. The van der Waals surface area contributed by atoms with Gasteiger partial charge in [0.25, 0.3) is 0 Å². The van der Waals surface area contributed by atoms with Gasteiger partial charge in [-0.15, -0.1) is 0 Å². The number of rotatable bonds is 2. The van der Waals surface area contributed by atoms with Crippen LogP contribution in [0, 0.1) is 12.8 Å². The van der Waals surface area contributed by atoms with Crippen molar-refractivity contribution in [3.05, 3.63) is 23.3 Å². The summed E-state index contributed by atoms with van der Waals surface area (Å²) >= 11 is 0. The molecule has 1 aromatic rings. The molecule has 3 nitrogen and oxygen atoms in total. The summed E-state index contributed by atoms with van der Waals surface area (Å²) in [6.45, 7) is 6.31. The van der Waals surface area contributed by atoms with Gasteiger partial charge in [0.05, 0.1) is 0 Å². The first-order chi connectivity index (χ1) is 7.58. The van der Waals surface area contributed by atoms with E-state index in [1.807, 2.05) is 20.0 Å². The van der Waals surface area contributed by atoms with E-state index in [-0.39, 0.29) is 6.04 Å². The van der Waals surface area contributed by atoms with Gasteiger partial charge in [0, 0.05) is 29.4 Å². The van der Waals surface area contributed by atoms with Crippen molar-refractivity contribution in [2.24, 2.45) is 11.7 Å². The van der Waals surface area contributed by atoms with Crippen LogP contribution in [0.25, 0.3) is 0 Å². The molecule has 0 bridgehead atoms. The number of aromatic nitrogens is 2. The quantitative estimate of drug-likeness (QED) is 0.832. The van der Waals surface area contributed by atoms with Crippen LogP contribution in [0.15, 0.2) is 6.20 Å². The predicted octanol–water partition coefficient (Wildman–Crippen LogP) is 2.71. The number of hydrogen-bond donors (Lipinski definition) is 1. The highest BCUT2D eigenvalue weighted by molar-refractivity contribution is 5.20. The number of hydrogen-bond acceptors (Lipinski definition) is 3. The van der Waals surface area contributed by atoms with Crippen LogP contribution in [0.2, 0.25) is 0 Å². The molecule has 0 radical (unpaired) electrons. The Morgan fingerprint density at radius 1 is 1.44 bits per heavy atom. The molecule has 3 atom stereocenters. The largest absolute Gasteiger partial charge is 0.324 e. The standard InChI is InChI=1S/C13H21N3/c1-8-4-5-11(6-8)13-15-7-12(9(2)14)10(3)16-13/h7-9,11H,4-6,14H2,1-3H3/t8?,9-,11?/m0/s1. The summed E-state index contributed by atoms with van der Waals surface area (Å²) in [7, 11) is 0. The van der Waals surface area contributed by atoms with Crippen LogP contribution in [0.4, 0.5) is 0 Å². The summed E-state index contributed by atoms with van der Waals surface area (Å²) in [5, 5.41) is 0. The molecule has 1 aliphatic rings. The smallest absolute Gasteiger partial charge is 0.131 e. The van der Waals surface area contributed by atoms with Crippen molar-refractivity contribution < 1.29 is 0 Å². The van der Waals surface area contributed by atoms with Crippen molar-refractivity contribution in [2.75, 3.05) is 0 Å². The molecule has 1 aliphatic carbocycles. The maximum Gasteiger partial charge on any atom is 0.131 e. The van der Waals surface area contributed by atoms with E-state index in [4.69, 9.17) is 5.73 Å². The Morgan fingerprint density at radius 2 is 2.19 bits per heavy atom. The van der Waals surface area contributed by atoms with E-state index in [0.29, 0.717) is 5.92 Å². The molecule has 1 saturated carbocycles. The first kappa shape index (κ1) is 11.5. The zero-order valence-corrected chi connectivity index (χ0v) is 10.4. The minimum absolute atomic E-state index is 0.0246. The maximum absolute atomic E-state index is 5.86. The van der Waals surface area contributed by atoms with Crippen LogP contribution in [0.1, 0.15) is 62.2 Å². The molecule has 3 heteroatoms. The second-order valence-corrected chi connectivity index (χ2v) is 5.17. The van der Waals surface area contributed by atoms with E-state index >= 15 is 0 Å². The molecule has 0 spiro atoms. The summed E-state index contributed by atoms with van der Waals surface area (Å²) in [5.74, 6) is 2.41. The van der Waals surface area contributed by atoms with E-state index in [1.165, 1.54) is 19.3 Å². The molecule has 16 heavy (non-hydrogen) atoms. The molecular weight excluding hydrogens is 198 g/mol. The van der Waals surface area contributed by atoms with E-state index < -0.39 is 0 Å². The average Bonchev–Trinajstić information content (AvgIpc) is 2.64. The Morgan fingerprint density at radius 3 is 2.69 bits per heavy atom. The van der Waals surface area contributed by atoms with Gasteiger partial charge in [0.1, 0.15) is 5.82 Å². The van der Waals surface area contributed by atoms with E-state index in [9.17, 15) is 0 Å². The molecule has 1 aromatic heterocycles. The van der Waals surface area contributed by atoms with Gasteiger partial charge >= 0.3 is 0 Å². The highest BCUT2D eigenvalue weighted by Crippen LogP contribution is 2.36. The monoisotopic (exact) mass is 219 g/mol. The van der Waals surface area contributed by atoms with E-state index in [2.05, 4.69) is 16.9 Å². The van der Waals surface area contributed by atoms with Gasteiger partial charge in [-0.25, -0.2) is 9.97 Å².